The van der Waals surface area contributed by atoms with E-state index in [0.717, 1.165) is 12.1 Å². The van der Waals surface area contributed by atoms with E-state index in [2.05, 4.69) is 20.6 Å². The van der Waals surface area contributed by atoms with Crippen LogP contribution in [0.5, 0.6) is 11.5 Å². The summed E-state index contributed by atoms with van der Waals surface area (Å²) in [5.41, 5.74) is 4.82. The number of ether oxygens (including phenoxy) is 3. The van der Waals surface area contributed by atoms with E-state index in [1.54, 1.807) is 53.3 Å². The Balaban J connectivity index is 0.000000219. The van der Waals surface area contributed by atoms with Gasteiger partial charge in [0.25, 0.3) is 0 Å². The van der Waals surface area contributed by atoms with Crippen molar-refractivity contribution < 1.29 is 73.6 Å². The van der Waals surface area contributed by atoms with Gasteiger partial charge in [-0.05, 0) is 122 Å². The molecule has 0 aliphatic carbocycles. The molecule has 6 aromatic carbocycles. The molecule has 0 unspecified atom stereocenters. The summed E-state index contributed by atoms with van der Waals surface area (Å²) in [7, 11) is 3.87. The number of aromatic nitrogens is 4. The summed E-state index contributed by atoms with van der Waals surface area (Å²) < 4.78 is 123. The zero-order valence-electron chi connectivity index (χ0n) is 40.3. The highest BCUT2D eigenvalue weighted by molar-refractivity contribution is 6.13. The van der Waals surface area contributed by atoms with Gasteiger partial charge in [-0.2, -0.15) is 26.3 Å². The van der Waals surface area contributed by atoms with Crippen LogP contribution in [0.4, 0.5) is 46.5 Å². The maximum absolute atomic E-state index is 14.3. The fourth-order valence-corrected chi connectivity index (χ4v) is 7.98. The molecule has 0 saturated carbocycles. The minimum absolute atomic E-state index is 0.0200. The van der Waals surface area contributed by atoms with E-state index < -0.39 is 73.4 Å². The van der Waals surface area contributed by atoms with Crippen LogP contribution in [0.3, 0.4) is 0 Å². The fraction of sp³-hybridized carbons (Fsp3) is 0.208. The monoisotopic (exact) mass is 1040 g/mol. The molecule has 8 rings (SSSR count). The van der Waals surface area contributed by atoms with Crippen molar-refractivity contribution in [2.75, 3.05) is 45.1 Å². The van der Waals surface area contributed by atoms with Crippen LogP contribution < -0.4 is 20.1 Å². The SMILES string of the molecule is COC(=O)c1ccc(-n2cnc3c(NCCC(F)(F)F)cc(C(=O)c4ccc(OC)c(F)c4)cc32)cc1C.COc1ccc(C(=O)c2cc(NCCC(F)(F)F)c3ncn(-c4ccc(C(=O)O)c(C)c4)c3c2)cc1F. The van der Waals surface area contributed by atoms with E-state index in [4.69, 9.17) is 14.2 Å². The molecule has 8 aromatic rings. The lowest BCUT2D eigenvalue weighted by atomic mass is 10.0. The van der Waals surface area contributed by atoms with Gasteiger partial charge in [0.05, 0.1) is 67.7 Å². The Morgan fingerprint density at radius 3 is 1.32 bits per heavy atom. The molecule has 14 nitrogen and oxygen atoms in total. The molecule has 0 amide bonds. The Labute approximate surface area is 421 Å². The van der Waals surface area contributed by atoms with Gasteiger partial charge in [-0.25, -0.2) is 28.3 Å². The zero-order chi connectivity index (χ0) is 54.5. The summed E-state index contributed by atoms with van der Waals surface area (Å²) in [6.07, 6.45) is -8.07. The highest BCUT2D eigenvalue weighted by Crippen LogP contribution is 2.33. The van der Waals surface area contributed by atoms with Gasteiger partial charge in [0.2, 0.25) is 0 Å². The van der Waals surface area contributed by atoms with Crippen molar-refractivity contribution in [1.29, 1.82) is 0 Å². The second-order valence-electron chi connectivity index (χ2n) is 16.7. The van der Waals surface area contributed by atoms with Crippen molar-refractivity contribution in [2.45, 2.75) is 39.0 Å². The lowest BCUT2D eigenvalue weighted by molar-refractivity contribution is -0.132. The number of aryl methyl sites for hydroxylation is 2. The van der Waals surface area contributed by atoms with E-state index in [1.807, 2.05) is 0 Å². The minimum atomic E-state index is -4.39. The molecular formula is C53H44F8N6O8. The number of carboxylic acids is 1. The number of methoxy groups -OCH3 is 3. The van der Waals surface area contributed by atoms with Crippen LogP contribution in [0.2, 0.25) is 0 Å². The van der Waals surface area contributed by atoms with Crippen LogP contribution in [0.25, 0.3) is 33.4 Å². The number of aromatic carboxylic acids is 1. The number of anilines is 2. The van der Waals surface area contributed by atoms with Gasteiger partial charge in [-0.1, -0.05) is 0 Å². The number of hydrogen-bond acceptors (Lipinski definition) is 11. The van der Waals surface area contributed by atoms with Crippen LogP contribution in [-0.2, 0) is 4.74 Å². The number of nitrogens with one attached hydrogen (secondary N) is 2. The molecule has 0 atom stereocenters. The first-order chi connectivity index (χ1) is 35.5. The first-order valence-corrected chi connectivity index (χ1v) is 22.4. The summed E-state index contributed by atoms with van der Waals surface area (Å²) in [6, 6.07) is 22.8. The Morgan fingerprint density at radius 1 is 0.560 bits per heavy atom. The molecule has 390 valence electrons. The Hall–Kier alpha value is -8.82. The predicted molar refractivity (Wildman–Crippen MR) is 261 cm³/mol. The average molecular weight is 1040 g/mol. The molecule has 75 heavy (non-hydrogen) atoms. The molecule has 0 saturated heterocycles. The Kier molecular flexibility index (Phi) is 15.9. The molecule has 0 aliphatic rings. The number of ketones is 2. The number of imidazole rings is 2. The normalized spacial score (nSPS) is 11.5. The number of alkyl halides is 6. The Morgan fingerprint density at radius 2 is 0.973 bits per heavy atom. The molecule has 2 aromatic heterocycles. The first kappa shape index (κ1) is 54.0. The standard InChI is InChI=1S/C27H23F4N3O4.C26H21F4N3O4/c1-15-10-18(5-6-19(15)26(36)38-3)34-14-33-24-21(32-9-8-27(29,30)31)12-17(13-22(24)34)25(35)16-4-7-23(37-2)20(28)11-16;1-14-9-17(4-5-18(14)25(35)36)33-13-32-23-20(31-8-7-26(28,29)30)11-16(12-21(23)33)24(34)15-3-6-22(37-2)19(27)10-15/h4-7,10-14,32H,8-9H2,1-3H3;3-6,9-13,31H,7-8H2,1-2H3,(H,35,36). The number of fused-ring (bicyclic) bond motifs is 2. The summed E-state index contributed by atoms with van der Waals surface area (Å²) in [5, 5.41) is 14.7. The number of benzene rings is 6. The average Bonchev–Trinajstić information content (AvgIpc) is 4.00. The van der Waals surface area contributed by atoms with Crippen LogP contribution in [-0.4, -0.2) is 94.5 Å². The van der Waals surface area contributed by atoms with Crippen LogP contribution in [0.1, 0.15) is 76.5 Å². The maximum atomic E-state index is 14.3. The van der Waals surface area contributed by atoms with Crippen molar-refractivity contribution in [3.63, 3.8) is 0 Å². The van der Waals surface area contributed by atoms with Gasteiger partial charge in [0, 0.05) is 46.7 Å². The summed E-state index contributed by atoms with van der Waals surface area (Å²) >= 11 is 0. The molecular weight excluding hydrogens is 1000 g/mol. The quantitative estimate of drug-likeness (QED) is 0.0475. The molecule has 0 fully saturated rings. The van der Waals surface area contributed by atoms with Crippen LogP contribution in [0.15, 0.2) is 110 Å². The van der Waals surface area contributed by atoms with Gasteiger partial charge in [0.15, 0.2) is 34.7 Å². The molecule has 0 aliphatic heterocycles. The molecule has 22 heteroatoms. The molecule has 0 spiro atoms. The van der Waals surface area contributed by atoms with Gasteiger partial charge < -0.3 is 30.0 Å². The Bertz CT molecular complexity index is 3500. The second kappa shape index (κ2) is 22.1. The van der Waals surface area contributed by atoms with Crippen molar-refractivity contribution in [3.8, 4) is 22.9 Å². The number of esters is 1. The third-order valence-electron chi connectivity index (χ3n) is 11.7. The highest BCUT2D eigenvalue weighted by Gasteiger charge is 2.28. The van der Waals surface area contributed by atoms with Crippen molar-refractivity contribution in [1.82, 2.24) is 19.1 Å². The molecule has 0 bridgehead atoms. The molecule has 2 heterocycles. The smallest absolute Gasteiger partial charge is 0.390 e. The van der Waals surface area contributed by atoms with E-state index >= 15 is 0 Å². The van der Waals surface area contributed by atoms with Crippen LogP contribution >= 0.6 is 0 Å². The third-order valence-corrected chi connectivity index (χ3v) is 11.7. The number of nitrogens with zero attached hydrogens (tertiary/aromatic N) is 4. The lowest BCUT2D eigenvalue weighted by Crippen LogP contribution is -2.15. The van der Waals surface area contributed by atoms with Gasteiger partial charge >= 0.3 is 24.3 Å². The third kappa shape index (κ3) is 12.3. The van der Waals surface area contributed by atoms with Gasteiger partial charge in [-0.3, -0.25) is 18.7 Å². The number of halogens is 8. The van der Waals surface area contributed by atoms with Crippen molar-refractivity contribution >= 4 is 56.9 Å². The minimum Gasteiger partial charge on any atom is -0.494 e. The van der Waals surface area contributed by atoms with Crippen molar-refractivity contribution in [3.05, 3.63) is 166 Å². The van der Waals surface area contributed by atoms with E-state index in [-0.39, 0.29) is 50.7 Å². The number of carbonyl (C=O) groups is 4. The van der Waals surface area contributed by atoms with E-state index in [1.165, 1.54) is 88.6 Å². The van der Waals surface area contributed by atoms with E-state index in [0.29, 0.717) is 50.1 Å². The van der Waals surface area contributed by atoms with Gasteiger partial charge in [0.1, 0.15) is 23.7 Å². The second-order valence-corrected chi connectivity index (χ2v) is 16.7. The molecule has 3 N–H and O–H groups in total. The van der Waals surface area contributed by atoms with Crippen molar-refractivity contribution in [2.24, 2.45) is 0 Å². The van der Waals surface area contributed by atoms with E-state index in [9.17, 15) is 59.4 Å². The lowest BCUT2D eigenvalue weighted by Gasteiger charge is -2.13. The first-order valence-electron chi connectivity index (χ1n) is 22.4. The number of hydrogen-bond donors (Lipinski definition) is 3. The summed E-state index contributed by atoms with van der Waals surface area (Å²) in [6.45, 7) is 2.47. The zero-order valence-corrected chi connectivity index (χ0v) is 40.3. The number of carbonyl (C=O) groups excluding carboxylic acids is 3. The summed E-state index contributed by atoms with van der Waals surface area (Å²) in [4.78, 5) is 58.6. The van der Waals surface area contributed by atoms with Crippen LogP contribution in [0, 0.1) is 25.5 Å². The van der Waals surface area contributed by atoms with Gasteiger partial charge in [-0.15, -0.1) is 0 Å². The number of carboxylic acid groups (broad SMARTS) is 1. The highest BCUT2D eigenvalue weighted by atomic mass is 19.4. The fourth-order valence-electron chi connectivity index (χ4n) is 7.98. The largest absolute Gasteiger partial charge is 0.494 e. The number of rotatable bonds is 16. The molecule has 0 radical (unpaired) electrons. The maximum Gasteiger partial charge on any atom is 0.390 e. The summed E-state index contributed by atoms with van der Waals surface area (Å²) in [5.74, 6) is -4.23. The predicted octanol–water partition coefficient (Wildman–Crippen LogP) is 11.6. The topological polar surface area (TPSA) is 176 Å².